The van der Waals surface area contributed by atoms with E-state index in [1.165, 1.54) is 18.3 Å². The van der Waals surface area contributed by atoms with Crippen LogP contribution in [0.25, 0.3) is 0 Å². The summed E-state index contributed by atoms with van der Waals surface area (Å²) in [5, 5.41) is 6.78. The van der Waals surface area contributed by atoms with Gasteiger partial charge in [-0.1, -0.05) is 35.9 Å². The van der Waals surface area contributed by atoms with Crippen molar-refractivity contribution in [3.05, 3.63) is 89.5 Å². The molecule has 41 heavy (non-hydrogen) atoms. The lowest BCUT2D eigenvalue weighted by Crippen LogP contribution is -2.40. The number of hydrogen-bond acceptors (Lipinski definition) is 7. The second-order valence-electron chi connectivity index (χ2n) is 9.70. The van der Waals surface area contributed by atoms with E-state index in [1.54, 1.807) is 61.5 Å². The number of amides is 2. The number of rotatable bonds is 12. The number of anilines is 1. The molecule has 0 bridgehead atoms. The van der Waals surface area contributed by atoms with Crippen LogP contribution in [0.1, 0.15) is 29.5 Å². The summed E-state index contributed by atoms with van der Waals surface area (Å²) in [7, 11) is -4.01. The molecular weight excluding hydrogens is 544 g/mol. The van der Waals surface area contributed by atoms with Gasteiger partial charge in [0.2, 0.25) is 0 Å². The Balaban J connectivity index is 1.33. The lowest BCUT2D eigenvalue weighted by molar-refractivity contribution is -0.123. The van der Waals surface area contributed by atoms with E-state index in [1.807, 2.05) is 13.0 Å². The Bertz CT molecular complexity index is 1470. The first-order valence-corrected chi connectivity index (χ1v) is 14.7. The molecule has 3 aromatic carbocycles. The molecule has 216 valence electrons. The molecule has 0 spiro atoms. The molecule has 0 aliphatic carbocycles. The molecule has 0 unspecified atom stereocenters. The molecule has 0 radical (unpaired) electrons. The van der Waals surface area contributed by atoms with Crippen molar-refractivity contribution < 1.29 is 27.5 Å². The molecule has 1 atom stereocenters. The summed E-state index contributed by atoms with van der Waals surface area (Å²) >= 11 is 0. The fourth-order valence-electron chi connectivity index (χ4n) is 4.33. The highest BCUT2D eigenvalue weighted by Gasteiger charge is 2.28. The first-order chi connectivity index (χ1) is 19.7. The van der Waals surface area contributed by atoms with Crippen LogP contribution in [0.5, 0.6) is 5.75 Å². The van der Waals surface area contributed by atoms with Gasteiger partial charge in [0, 0.05) is 13.2 Å². The zero-order valence-corrected chi connectivity index (χ0v) is 23.9. The average Bonchev–Trinajstić information content (AvgIpc) is 3.49. The number of carbonyl (C=O) groups is 2. The van der Waals surface area contributed by atoms with Gasteiger partial charge in [-0.05, 0) is 80.3 Å². The summed E-state index contributed by atoms with van der Waals surface area (Å²) < 4.78 is 39.1. The molecular formula is C30H34N4O6S. The van der Waals surface area contributed by atoms with Crippen LogP contribution in [0.4, 0.5) is 5.69 Å². The zero-order valence-electron chi connectivity index (χ0n) is 23.1. The van der Waals surface area contributed by atoms with Crippen molar-refractivity contribution in [3.8, 4) is 5.75 Å². The van der Waals surface area contributed by atoms with Crippen molar-refractivity contribution >= 4 is 33.7 Å². The van der Waals surface area contributed by atoms with Gasteiger partial charge >= 0.3 is 0 Å². The van der Waals surface area contributed by atoms with E-state index >= 15 is 0 Å². The molecule has 11 heteroatoms. The lowest BCUT2D eigenvalue weighted by Gasteiger charge is -2.25. The Kier molecular flexibility index (Phi) is 10.1. The van der Waals surface area contributed by atoms with E-state index in [4.69, 9.17) is 9.47 Å². The number of hydrazone groups is 1. The highest BCUT2D eigenvalue weighted by atomic mass is 32.2. The Morgan fingerprint density at radius 1 is 1.05 bits per heavy atom. The van der Waals surface area contributed by atoms with Gasteiger partial charge in [-0.3, -0.25) is 13.9 Å². The molecule has 10 nitrogen and oxygen atoms in total. The molecule has 1 heterocycles. The van der Waals surface area contributed by atoms with Gasteiger partial charge in [0.15, 0.2) is 6.61 Å². The molecule has 2 amide bonds. The van der Waals surface area contributed by atoms with Crippen LogP contribution in [0.2, 0.25) is 0 Å². The first-order valence-electron chi connectivity index (χ1n) is 13.3. The minimum Gasteiger partial charge on any atom is -0.484 e. The Morgan fingerprint density at radius 2 is 1.80 bits per heavy atom. The number of ether oxygens (including phenoxy) is 2. The summed E-state index contributed by atoms with van der Waals surface area (Å²) in [4.78, 5) is 24.9. The molecule has 4 rings (SSSR count). The number of nitrogens with zero attached hydrogens (tertiary/aromatic N) is 2. The molecule has 0 saturated carbocycles. The number of aryl methyl sites for hydroxylation is 2. The third kappa shape index (κ3) is 8.38. The monoisotopic (exact) mass is 578 g/mol. The normalized spacial score (nSPS) is 15.0. The Morgan fingerprint density at radius 3 is 2.49 bits per heavy atom. The van der Waals surface area contributed by atoms with Gasteiger partial charge in [-0.25, -0.2) is 13.8 Å². The van der Waals surface area contributed by atoms with Crippen molar-refractivity contribution in [2.45, 2.75) is 37.7 Å². The smallest absolute Gasteiger partial charge is 0.264 e. The lowest BCUT2D eigenvalue weighted by atomic mass is 10.1. The number of nitrogens with one attached hydrogen (secondary N) is 2. The minimum absolute atomic E-state index is 0.0704. The van der Waals surface area contributed by atoms with Gasteiger partial charge in [-0.2, -0.15) is 5.10 Å². The fraction of sp³-hybridized carbons (Fsp3) is 0.300. The summed E-state index contributed by atoms with van der Waals surface area (Å²) in [6.45, 7) is 4.36. The standard InChI is InChI=1S/C30H34N4O6S/c1-22-10-15-28(23(2)17-22)34(41(37,38)27-8-4-3-5-9-27)20-29(35)33-32-18-24-11-13-25(14-12-24)40-21-30(36)31-19-26-7-6-16-39-26/h3-5,8-15,17-18,26H,6-7,16,19-21H2,1-2H3,(H,31,36)(H,33,35)/b32-18-/t26-/m1/s1. The van der Waals surface area contributed by atoms with Gasteiger partial charge in [-0.15, -0.1) is 0 Å². The molecule has 1 aliphatic heterocycles. The number of carbonyl (C=O) groups excluding carboxylic acids is 2. The SMILES string of the molecule is Cc1ccc(N(CC(=O)N/N=C\c2ccc(OCC(=O)NC[C@H]3CCCO3)cc2)S(=O)(=O)c2ccccc2)c(C)c1. The number of sulfonamides is 1. The van der Waals surface area contributed by atoms with E-state index in [-0.39, 0.29) is 23.5 Å². The van der Waals surface area contributed by atoms with E-state index in [9.17, 15) is 18.0 Å². The van der Waals surface area contributed by atoms with Crippen LogP contribution in [0.3, 0.4) is 0 Å². The molecule has 1 saturated heterocycles. The summed E-state index contributed by atoms with van der Waals surface area (Å²) in [6.07, 6.45) is 3.46. The maximum Gasteiger partial charge on any atom is 0.264 e. The van der Waals surface area contributed by atoms with E-state index in [2.05, 4.69) is 15.8 Å². The highest BCUT2D eigenvalue weighted by molar-refractivity contribution is 7.92. The van der Waals surface area contributed by atoms with E-state index < -0.39 is 22.5 Å². The van der Waals surface area contributed by atoms with E-state index in [0.29, 0.717) is 23.5 Å². The topological polar surface area (TPSA) is 126 Å². The van der Waals surface area contributed by atoms with Crippen molar-refractivity contribution in [2.75, 3.05) is 30.6 Å². The van der Waals surface area contributed by atoms with Gasteiger partial charge in [0.05, 0.1) is 22.9 Å². The van der Waals surface area contributed by atoms with Crippen molar-refractivity contribution in [2.24, 2.45) is 5.10 Å². The van der Waals surface area contributed by atoms with Crippen molar-refractivity contribution in [1.29, 1.82) is 0 Å². The van der Waals surface area contributed by atoms with Crippen LogP contribution in [-0.4, -0.2) is 58.9 Å². The van der Waals surface area contributed by atoms with Crippen LogP contribution in [-0.2, 0) is 24.3 Å². The van der Waals surface area contributed by atoms with Crippen molar-refractivity contribution in [1.82, 2.24) is 10.7 Å². The molecule has 0 aromatic heterocycles. The second kappa shape index (κ2) is 13.9. The maximum absolute atomic E-state index is 13.5. The van der Waals surface area contributed by atoms with Crippen LogP contribution >= 0.6 is 0 Å². The Labute approximate surface area is 240 Å². The molecule has 1 fully saturated rings. The third-order valence-corrected chi connectivity index (χ3v) is 8.22. The van der Waals surface area contributed by atoms with Crippen LogP contribution < -0.4 is 19.8 Å². The van der Waals surface area contributed by atoms with Gasteiger partial charge in [0.1, 0.15) is 12.3 Å². The predicted molar refractivity (Wildman–Crippen MR) is 157 cm³/mol. The first kappa shape index (κ1) is 29.8. The third-order valence-electron chi connectivity index (χ3n) is 6.44. The molecule has 2 N–H and O–H groups in total. The molecule has 3 aromatic rings. The zero-order chi connectivity index (χ0) is 29.2. The minimum atomic E-state index is -4.01. The summed E-state index contributed by atoms with van der Waals surface area (Å²) in [5.41, 5.74) is 5.19. The predicted octanol–water partition coefficient (Wildman–Crippen LogP) is 3.32. The highest BCUT2D eigenvalue weighted by Crippen LogP contribution is 2.27. The largest absolute Gasteiger partial charge is 0.484 e. The fourth-order valence-corrected chi connectivity index (χ4v) is 5.84. The van der Waals surface area contributed by atoms with Gasteiger partial charge < -0.3 is 14.8 Å². The Hall–Kier alpha value is -4.22. The van der Waals surface area contributed by atoms with Gasteiger partial charge in [0.25, 0.3) is 21.8 Å². The van der Waals surface area contributed by atoms with Crippen LogP contribution in [0.15, 0.2) is 82.8 Å². The molecule has 1 aliphatic rings. The summed E-state index contributed by atoms with van der Waals surface area (Å²) in [5.74, 6) is -0.318. The summed E-state index contributed by atoms with van der Waals surface area (Å²) in [6, 6.07) is 20.2. The number of benzene rings is 3. The second-order valence-corrected chi connectivity index (χ2v) is 11.6. The van der Waals surface area contributed by atoms with Crippen molar-refractivity contribution in [3.63, 3.8) is 0 Å². The van der Waals surface area contributed by atoms with Crippen LogP contribution in [0, 0.1) is 13.8 Å². The average molecular weight is 579 g/mol. The number of hydrogen-bond donors (Lipinski definition) is 2. The quantitative estimate of drug-likeness (QED) is 0.251. The van der Waals surface area contributed by atoms with E-state index in [0.717, 1.165) is 34.9 Å². The maximum atomic E-state index is 13.5.